The number of ketones is 2. The van der Waals surface area contributed by atoms with Gasteiger partial charge in [0.05, 0.1) is 12.5 Å². The maximum absolute atomic E-state index is 13.8. The summed E-state index contributed by atoms with van der Waals surface area (Å²) >= 11 is 0. The lowest BCUT2D eigenvalue weighted by atomic mass is 9.44. The predicted molar refractivity (Wildman–Crippen MR) is 137 cm³/mol. The number of fused-ring (bicyclic) bond motifs is 5. The van der Waals surface area contributed by atoms with Gasteiger partial charge in [-0.1, -0.05) is 33.3 Å². The molecule has 1 N–H and O–H groups in total. The van der Waals surface area contributed by atoms with E-state index >= 15 is 0 Å². The Balaban J connectivity index is 1.64. The van der Waals surface area contributed by atoms with Crippen LogP contribution in [0.15, 0.2) is 11.6 Å². The van der Waals surface area contributed by atoms with E-state index < -0.39 is 29.7 Å². The number of aliphatic hydroxyl groups is 1. The van der Waals surface area contributed by atoms with Crippen molar-refractivity contribution >= 4 is 23.5 Å². The van der Waals surface area contributed by atoms with Crippen LogP contribution >= 0.6 is 0 Å². The lowest BCUT2D eigenvalue weighted by Gasteiger charge is -2.60. The van der Waals surface area contributed by atoms with Crippen molar-refractivity contribution in [3.63, 3.8) is 0 Å². The lowest BCUT2D eigenvalue weighted by molar-refractivity contribution is -0.193. The molecule has 206 valence electrons. The Hall–Kier alpha value is -2.02. The van der Waals surface area contributed by atoms with Crippen LogP contribution in [0.3, 0.4) is 0 Å². The van der Waals surface area contributed by atoms with Crippen LogP contribution < -0.4 is 0 Å². The van der Waals surface area contributed by atoms with E-state index in [1.54, 1.807) is 0 Å². The van der Waals surface area contributed by atoms with Crippen molar-refractivity contribution in [2.75, 3.05) is 6.61 Å². The van der Waals surface area contributed by atoms with Gasteiger partial charge < -0.3 is 14.6 Å². The molecule has 0 heterocycles. The summed E-state index contributed by atoms with van der Waals surface area (Å²) in [6, 6.07) is 0. The van der Waals surface area contributed by atoms with Crippen LogP contribution in [0.25, 0.3) is 0 Å². The first-order valence-electron chi connectivity index (χ1n) is 14.2. The molecule has 8 atom stereocenters. The molecule has 7 nitrogen and oxygen atoms in total. The summed E-state index contributed by atoms with van der Waals surface area (Å²) in [5, 5.41) is 9.50. The highest BCUT2D eigenvalue weighted by Gasteiger charge is 2.69. The van der Waals surface area contributed by atoms with Gasteiger partial charge in [0.2, 0.25) is 5.78 Å². The Morgan fingerprint density at radius 3 is 2.49 bits per heavy atom. The first kappa shape index (κ1) is 28.0. The van der Waals surface area contributed by atoms with Gasteiger partial charge >= 0.3 is 11.9 Å². The molecule has 4 aliphatic carbocycles. The fourth-order valence-corrected chi connectivity index (χ4v) is 8.68. The van der Waals surface area contributed by atoms with E-state index in [1.165, 1.54) is 12.5 Å². The van der Waals surface area contributed by atoms with Crippen LogP contribution in [-0.2, 0) is 28.7 Å². The smallest absolute Gasteiger partial charge is 0.308 e. The molecule has 0 spiro atoms. The largest absolute Gasteiger partial charge is 0.457 e. The van der Waals surface area contributed by atoms with Crippen molar-refractivity contribution in [3.8, 4) is 0 Å². The Labute approximate surface area is 220 Å². The van der Waals surface area contributed by atoms with Gasteiger partial charge in [0.15, 0.2) is 18.0 Å². The summed E-state index contributed by atoms with van der Waals surface area (Å²) in [6.45, 7) is 9.61. The molecule has 7 heteroatoms. The second-order valence-corrected chi connectivity index (χ2v) is 12.7. The number of hydrogen-bond acceptors (Lipinski definition) is 7. The first-order chi connectivity index (χ1) is 17.4. The van der Waals surface area contributed by atoms with Gasteiger partial charge in [0, 0.05) is 18.3 Å². The molecule has 0 aromatic heterocycles. The van der Waals surface area contributed by atoms with Crippen LogP contribution in [-0.4, -0.2) is 46.9 Å². The number of allylic oxidation sites excluding steroid dienone is 1. The Bertz CT molecular complexity index is 982. The summed E-state index contributed by atoms with van der Waals surface area (Å²) < 4.78 is 11.4. The minimum Gasteiger partial charge on any atom is -0.457 e. The number of aliphatic hydroxyl groups excluding tert-OH is 1. The second kappa shape index (κ2) is 10.3. The van der Waals surface area contributed by atoms with Crippen LogP contribution in [0.2, 0.25) is 0 Å². The van der Waals surface area contributed by atoms with E-state index in [2.05, 4.69) is 20.8 Å². The van der Waals surface area contributed by atoms with E-state index in [1.807, 2.05) is 13.0 Å². The molecule has 1 unspecified atom stereocenters. The highest BCUT2D eigenvalue weighted by atomic mass is 16.6. The SMILES string of the molecule is CCCC(=O)O[C@]1(C(=O)COC(=O)CC(C)O)CC[C@H]2[C@@H]3C[C@H](C)C4=CC(=O)CC[C@]4(C)[C@H]3CC[C@@]21C. The third-order valence-electron chi connectivity index (χ3n) is 10.4. The average molecular weight is 517 g/mol. The minimum atomic E-state index is -1.32. The van der Waals surface area contributed by atoms with Crippen LogP contribution in [0.4, 0.5) is 0 Å². The average Bonchev–Trinajstić information content (AvgIpc) is 3.11. The lowest BCUT2D eigenvalue weighted by Crippen LogP contribution is -2.60. The highest BCUT2D eigenvalue weighted by Crippen LogP contribution is 2.69. The van der Waals surface area contributed by atoms with Crippen molar-refractivity contribution in [1.82, 2.24) is 0 Å². The third-order valence-corrected chi connectivity index (χ3v) is 10.4. The summed E-state index contributed by atoms with van der Waals surface area (Å²) in [5.74, 6) is 0.180. The zero-order valence-corrected chi connectivity index (χ0v) is 23.1. The normalized spacial score (nSPS) is 39.5. The van der Waals surface area contributed by atoms with Crippen molar-refractivity contribution in [3.05, 3.63) is 11.6 Å². The molecule has 0 saturated heterocycles. The fraction of sp³-hybridized carbons (Fsp3) is 0.800. The maximum Gasteiger partial charge on any atom is 0.308 e. The van der Waals surface area contributed by atoms with E-state index in [0.29, 0.717) is 37.0 Å². The van der Waals surface area contributed by atoms with E-state index in [9.17, 15) is 24.3 Å². The highest BCUT2D eigenvalue weighted by molar-refractivity contribution is 5.93. The summed E-state index contributed by atoms with van der Waals surface area (Å²) in [4.78, 5) is 51.1. The van der Waals surface area contributed by atoms with Crippen molar-refractivity contribution in [2.24, 2.45) is 34.5 Å². The van der Waals surface area contributed by atoms with Crippen LogP contribution in [0, 0.1) is 34.5 Å². The topological polar surface area (TPSA) is 107 Å². The van der Waals surface area contributed by atoms with Gasteiger partial charge in [-0.25, -0.2) is 0 Å². The summed E-state index contributed by atoms with van der Waals surface area (Å²) in [7, 11) is 0. The maximum atomic E-state index is 13.8. The molecule has 0 radical (unpaired) electrons. The Morgan fingerprint density at radius 1 is 1.11 bits per heavy atom. The second-order valence-electron chi connectivity index (χ2n) is 12.7. The van der Waals surface area contributed by atoms with E-state index in [0.717, 1.165) is 32.1 Å². The molecule has 0 aliphatic heterocycles. The summed E-state index contributed by atoms with van der Waals surface area (Å²) in [6.07, 6.45) is 7.05. The predicted octanol–water partition coefficient (Wildman–Crippen LogP) is 4.73. The number of rotatable bonds is 8. The van der Waals surface area contributed by atoms with E-state index in [-0.39, 0.29) is 41.7 Å². The number of esters is 2. The Kier molecular flexibility index (Phi) is 7.77. The molecule has 0 aromatic carbocycles. The first-order valence-corrected chi connectivity index (χ1v) is 14.2. The molecule has 37 heavy (non-hydrogen) atoms. The van der Waals surface area contributed by atoms with Crippen molar-refractivity contribution < 1.29 is 33.8 Å². The quantitative estimate of drug-likeness (QED) is 0.465. The fourth-order valence-electron chi connectivity index (χ4n) is 8.68. The molecule has 4 rings (SSSR count). The third kappa shape index (κ3) is 4.70. The Morgan fingerprint density at radius 2 is 1.81 bits per heavy atom. The van der Waals surface area contributed by atoms with E-state index in [4.69, 9.17) is 9.47 Å². The minimum absolute atomic E-state index is 0.0117. The molecule has 0 bridgehead atoms. The number of hydrogen-bond donors (Lipinski definition) is 1. The van der Waals surface area contributed by atoms with Crippen molar-refractivity contribution in [1.29, 1.82) is 0 Å². The van der Waals surface area contributed by atoms with Gasteiger partial charge in [-0.3, -0.25) is 19.2 Å². The summed E-state index contributed by atoms with van der Waals surface area (Å²) in [5.41, 5.74) is -0.577. The number of ether oxygens (including phenoxy) is 2. The number of carbonyl (C=O) groups is 4. The van der Waals surface area contributed by atoms with Gasteiger partial charge in [-0.15, -0.1) is 0 Å². The van der Waals surface area contributed by atoms with Gasteiger partial charge in [0.1, 0.15) is 0 Å². The van der Waals surface area contributed by atoms with Gasteiger partial charge in [-0.05, 0) is 87.0 Å². The standard InChI is InChI=1S/C30H44O7/c1-6-7-26(34)37-30(25(33)17-36-27(35)15-19(3)31)13-10-23-21-14-18(2)24-16-20(32)8-11-28(24,4)22(21)9-12-29(23,30)5/h16,18-19,21-23,31H,6-15,17H2,1-5H3/t18-,19?,21+,22-,23-,28+,29-,30-/m0/s1. The molecule has 3 saturated carbocycles. The van der Waals surface area contributed by atoms with Gasteiger partial charge in [-0.2, -0.15) is 0 Å². The number of carbonyl (C=O) groups excluding carboxylic acids is 4. The number of Topliss-reactive ketones (excluding diaryl/α,β-unsaturated/α-hetero) is 1. The molecule has 3 fully saturated rings. The zero-order valence-electron chi connectivity index (χ0n) is 23.1. The molecular weight excluding hydrogens is 472 g/mol. The zero-order chi connectivity index (χ0) is 27.2. The van der Waals surface area contributed by atoms with Crippen molar-refractivity contribution in [2.45, 2.75) is 111 Å². The molecular formula is C30H44O7. The molecule has 0 amide bonds. The van der Waals surface area contributed by atoms with Gasteiger partial charge in [0.25, 0.3) is 0 Å². The molecule has 4 aliphatic rings. The monoisotopic (exact) mass is 516 g/mol. The molecule has 0 aromatic rings. The van der Waals surface area contributed by atoms with Crippen LogP contribution in [0.1, 0.15) is 98.8 Å². The van der Waals surface area contributed by atoms with Crippen LogP contribution in [0.5, 0.6) is 0 Å².